The van der Waals surface area contributed by atoms with Crippen LogP contribution in [0.15, 0.2) is 54.6 Å². The predicted molar refractivity (Wildman–Crippen MR) is 131 cm³/mol. The summed E-state index contributed by atoms with van der Waals surface area (Å²) in [6, 6.07) is 13.8. The van der Waals surface area contributed by atoms with Gasteiger partial charge >= 0.3 is 5.97 Å². The Morgan fingerprint density at radius 1 is 0.919 bits per heavy atom. The summed E-state index contributed by atoms with van der Waals surface area (Å²) in [6.07, 6.45) is -6.45. The number of carboxylic acids is 1. The standard InChI is InChI=1S/C26H32N2O9/c1-15(29)28-21(19(30)13-26(10-11-26)25(35)36)23(33)22(32)20(31)14-27-24(34)16-6-5-9-18(12-16)37-17-7-3-2-4-8-17/h2-9,12,19-23,30-33H,10-11,13-14H2,1H3,(H,27,34)(H,28,29)(H,35,36)/t19-,20+,21+,22+,23+/m0/s1. The van der Waals surface area contributed by atoms with E-state index in [1.807, 2.05) is 6.07 Å². The van der Waals surface area contributed by atoms with Gasteiger partial charge < -0.3 is 40.9 Å². The average Bonchev–Trinajstić information content (AvgIpc) is 3.66. The van der Waals surface area contributed by atoms with Crippen molar-refractivity contribution in [2.75, 3.05) is 6.54 Å². The minimum Gasteiger partial charge on any atom is -0.481 e. The molecule has 0 heterocycles. The molecule has 11 nitrogen and oxygen atoms in total. The van der Waals surface area contributed by atoms with E-state index in [4.69, 9.17) is 4.74 Å². The average molecular weight is 517 g/mol. The van der Waals surface area contributed by atoms with Crippen molar-refractivity contribution in [1.82, 2.24) is 10.6 Å². The van der Waals surface area contributed by atoms with Crippen LogP contribution >= 0.6 is 0 Å². The third kappa shape index (κ3) is 7.49. The molecule has 0 spiro atoms. The zero-order valence-corrected chi connectivity index (χ0v) is 20.3. The van der Waals surface area contributed by atoms with Crippen molar-refractivity contribution in [3.63, 3.8) is 0 Å². The van der Waals surface area contributed by atoms with Crippen LogP contribution in [0.1, 0.15) is 36.5 Å². The number of hydrogen-bond acceptors (Lipinski definition) is 8. The minimum atomic E-state index is -1.88. The smallest absolute Gasteiger partial charge is 0.309 e. The summed E-state index contributed by atoms with van der Waals surface area (Å²) in [5, 5.41) is 56.2. The minimum absolute atomic E-state index is 0.227. The number of aliphatic carboxylic acids is 1. The molecule has 37 heavy (non-hydrogen) atoms. The lowest BCUT2D eigenvalue weighted by Gasteiger charge is -2.33. The van der Waals surface area contributed by atoms with Crippen LogP contribution in [0.5, 0.6) is 11.5 Å². The zero-order valence-electron chi connectivity index (χ0n) is 20.3. The van der Waals surface area contributed by atoms with Gasteiger partial charge in [-0.1, -0.05) is 24.3 Å². The number of para-hydroxylation sites is 1. The second kappa shape index (κ2) is 12.2. The second-order valence-electron chi connectivity index (χ2n) is 9.28. The largest absolute Gasteiger partial charge is 0.481 e. The summed E-state index contributed by atoms with van der Waals surface area (Å²) in [7, 11) is 0. The van der Waals surface area contributed by atoms with Crippen LogP contribution < -0.4 is 15.4 Å². The first-order valence-corrected chi connectivity index (χ1v) is 11.9. The Morgan fingerprint density at radius 2 is 1.57 bits per heavy atom. The molecule has 5 atom stereocenters. The van der Waals surface area contributed by atoms with Crippen molar-refractivity contribution in [2.45, 2.75) is 56.6 Å². The van der Waals surface area contributed by atoms with Gasteiger partial charge in [0.2, 0.25) is 5.91 Å². The van der Waals surface area contributed by atoms with E-state index < -0.39 is 60.2 Å². The molecule has 2 amide bonds. The van der Waals surface area contributed by atoms with Crippen LogP contribution in [0.4, 0.5) is 0 Å². The van der Waals surface area contributed by atoms with Crippen molar-refractivity contribution in [3.05, 3.63) is 60.2 Å². The fourth-order valence-corrected chi connectivity index (χ4v) is 4.01. The lowest BCUT2D eigenvalue weighted by atomic mass is 9.89. The number of aliphatic hydroxyl groups excluding tert-OH is 4. The fourth-order valence-electron chi connectivity index (χ4n) is 4.01. The monoisotopic (exact) mass is 516 g/mol. The van der Waals surface area contributed by atoms with Gasteiger partial charge in [-0.3, -0.25) is 14.4 Å². The van der Waals surface area contributed by atoms with Crippen LogP contribution in [0.3, 0.4) is 0 Å². The molecular weight excluding hydrogens is 484 g/mol. The van der Waals surface area contributed by atoms with Crippen LogP contribution in [0, 0.1) is 5.41 Å². The third-order valence-electron chi connectivity index (χ3n) is 6.35. The maximum absolute atomic E-state index is 12.6. The molecule has 200 valence electrons. The van der Waals surface area contributed by atoms with Crippen LogP contribution in [0.2, 0.25) is 0 Å². The first-order valence-electron chi connectivity index (χ1n) is 11.9. The molecule has 1 saturated carbocycles. The van der Waals surface area contributed by atoms with Gasteiger partial charge in [-0.05, 0) is 49.6 Å². The van der Waals surface area contributed by atoms with E-state index in [0.29, 0.717) is 24.3 Å². The number of ether oxygens (including phenoxy) is 1. The number of carboxylic acid groups (broad SMARTS) is 1. The van der Waals surface area contributed by atoms with Crippen molar-refractivity contribution in [1.29, 1.82) is 0 Å². The Balaban J connectivity index is 1.59. The number of aliphatic hydroxyl groups is 4. The molecule has 3 rings (SSSR count). The molecule has 0 saturated heterocycles. The lowest BCUT2D eigenvalue weighted by Crippen LogP contribution is -2.58. The van der Waals surface area contributed by atoms with Gasteiger partial charge in [0.15, 0.2) is 0 Å². The molecule has 0 aliphatic heterocycles. The number of amides is 2. The first kappa shape index (κ1) is 28.1. The number of benzene rings is 2. The topological polar surface area (TPSA) is 186 Å². The van der Waals surface area contributed by atoms with E-state index in [1.165, 1.54) is 12.1 Å². The van der Waals surface area contributed by atoms with Crippen LogP contribution in [0.25, 0.3) is 0 Å². The highest BCUT2D eigenvalue weighted by Crippen LogP contribution is 2.50. The highest BCUT2D eigenvalue weighted by Gasteiger charge is 2.53. The Labute approximate surface area is 213 Å². The molecule has 2 aromatic carbocycles. The molecule has 0 radical (unpaired) electrons. The van der Waals surface area contributed by atoms with Crippen LogP contribution in [-0.2, 0) is 9.59 Å². The Morgan fingerprint density at radius 3 is 2.16 bits per heavy atom. The molecule has 11 heteroatoms. The fraction of sp³-hybridized carbons (Fsp3) is 0.423. The first-order chi connectivity index (χ1) is 17.5. The van der Waals surface area contributed by atoms with Crippen molar-refractivity contribution >= 4 is 17.8 Å². The van der Waals surface area contributed by atoms with Gasteiger partial charge in [0.05, 0.1) is 23.7 Å². The maximum Gasteiger partial charge on any atom is 0.309 e. The Bertz CT molecular complexity index is 1090. The number of rotatable bonds is 13. The lowest BCUT2D eigenvalue weighted by molar-refractivity contribution is -0.145. The van der Waals surface area contributed by atoms with Gasteiger partial charge in [-0.25, -0.2) is 0 Å². The molecule has 7 N–H and O–H groups in total. The molecule has 0 unspecified atom stereocenters. The molecule has 1 fully saturated rings. The number of carbonyl (C=O) groups is 3. The zero-order chi connectivity index (χ0) is 27.2. The Kier molecular flexibility index (Phi) is 9.22. The van der Waals surface area contributed by atoms with Crippen molar-refractivity contribution in [2.24, 2.45) is 5.41 Å². The van der Waals surface area contributed by atoms with Gasteiger partial charge in [-0.2, -0.15) is 0 Å². The SMILES string of the molecule is CC(=O)N[C@@H]([C@@H](O)[C@H](O)[C@H](O)CNC(=O)c1cccc(Oc2ccccc2)c1)[C@@H](O)CC1(C(=O)O)CC1. The van der Waals surface area contributed by atoms with Gasteiger partial charge in [0.1, 0.15) is 23.7 Å². The van der Waals surface area contributed by atoms with E-state index in [-0.39, 0.29) is 12.0 Å². The second-order valence-corrected chi connectivity index (χ2v) is 9.28. The van der Waals surface area contributed by atoms with E-state index in [1.54, 1.807) is 36.4 Å². The number of carbonyl (C=O) groups excluding carboxylic acids is 2. The molecular formula is C26H32N2O9. The summed E-state index contributed by atoms with van der Waals surface area (Å²) in [5.74, 6) is -1.30. The van der Waals surface area contributed by atoms with Gasteiger partial charge in [0, 0.05) is 19.0 Å². The molecule has 0 bridgehead atoms. The highest BCUT2D eigenvalue weighted by atomic mass is 16.5. The summed E-state index contributed by atoms with van der Waals surface area (Å²) >= 11 is 0. The predicted octanol–water partition coefficient (Wildman–Crippen LogP) is 0.412. The molecule has 0 aromatic heterocycles. The van der Waals surface area contributed by atoms with E-state index in [0.717, 1.165) is 6.92 Å². The molecule has 2 aromatic rings. The van der Waals surface area contributed by atoms with Crippen LogP contribution in [-0.4, -0.2) is 80.3 Å². The maximum atomic E-state index is 12.6. The number of hydrogen-bond donors (Lipinski definition) is 7. The summed E-state index contributed by atoms with van der Waals surface area (Å²) in [6.45, 7) is 0.679. The summed E-state index contributed by atoms with van der Waals surface area (Å²) in [5.41, 5.74) is -0.919. The van der Waals surface area contributed by atoms with Gasteiger partial charge in [0.25, 0.3) is 5.91 Å². The van der Waals surface area contributed by atoms with E-state index in [2.05, 4.69) is 10.6 Å². The molecule has 1 aliphatic carbocycles. The van der Waals surface area contributed by atoms with Gasteiger partial charge in [-0.15, -0.1) is 0 Å². The van der Waals surface area contributed by atoms with Crippen molar-refractivity contribution < 1.29 is 44.7 Å². The van der Waals surface area contributed by atoms with Crippen molar-refractivity contribution in [3.8, 4) is 11.5 Å². The van der Waals surface area contributed by atoms with E-state index in [9.17, 15) is 39.9 Å². The quantitative estimate of drug-likeness (QED) is 0.198. The Hall–Kier alpha value is -3.51. The third-order valence-corrected chi connectivity index (χ3v) is 6.35. The number of nitrogens with one attached hydrogen (secondary N) is 2. The van der Waals surface area contributed by atoms with E-state index >= 15 is 0 Å². The summed E-state index contributed by atoms with van der Waals surface area (Å²) in [4.78, 5) is 35.7. The highest BCUT2D eigenvalue weighted by molar-refractivity contribution is 5.94. The normalized spacial score (nSPS) is 18.0. The summed E-state index contributed by atoms with van der Waals surface area (Å²) < 4.78 is 5.70. The molecule has 1 aliphatic rings.